The molecule has 2 aromatic carbocycles. The van der Waals surface area contributed by atoms with Crippen molar-refractivity contribution in [1.29, 1.82) is 0 Å². The number of hydrogen-bond donors (Lipinski definition) is 0. The Kier molecular flexibility index (Phi) is 5.29. The van der Waals surface area contributed by atoms with Crippen molar-refractivity contribution >= 4 is 16.9 Å². The lowest BCUT2D eigenvalue weighted by atomic mass is 10.1. The Bertz CT molecular complexity index is 926. The molecule has 1 aromatic heterocycles. The number of fused-ring (bicyclic) bond motifs is 1. The number of rotatable bonds is 6. The van der Waals surface area contributed by atoms with Gasteiger partial charge >= 0.3 is 11.6 Å². The lowest BCUT2D eigenvalue weighted by molar-refractivity contribution is -0.144. The molecule has 0 N–H and O–H groups in total. The predicted octanol–water partition coefficient (Wildman–Crippen LogP) is 4.03. The maximum atomic E-state index is 12.0. The Morgan fingerprint density at radius 2 is 1.84 bits per heavy atom. The predicted molar refractivity (Wildman–Crippen MR) is 96.4 cm³/mol. The van der Waals surface area contributed by atoms with Crippen LogP contribution in [0.3, 0.4) is 0 Å². The van der Waals surface area contributed by atoms with Gasteiger partial charge in [-0.2, -0.15) is 0 Å². The zero-order chi connectivity index (χ0) is 17.6. The second-order valence-corrected chi connectivity index (χ2v) is 5.92. The van der Waals surface area contributed by atoms with Gasteiger partial charge in [0.25, 0.3) is 0 Å². The molecule has 0 saturated heterocycles. The smallest absolute Gasteiger partial charge is 0.336 e. The van der Waals surface area contributed by atoms with E-state index >= 15 is 0 Å². The van der Waals surface area contributed by atoms with Crippen LogP contribution in [-0.2, 0) is 29.0 Å². The van der Waals surface area contributed by atoms with Gasteiger partial charge < -0.3 is 9.15 Å². The second kappa shape index (κ2) is 7.79. The quantitative estimate of drug-likeness (QED) is 0.504. The van der Waals surface area contributed by atoms with Gasteiger partial charge in [-0.1, -0.05) is 49.4 Å². The molecule has 4 nitrogen and oxygen atoms in total. The number of benzene rings is 2. The number of carbonyl (C=O) groups excluding carboxylic acids is 1. The number of hydrogen-bond acceptors (Lipinski definition) is 4. The first-order chi connectivity index (χ1) is 12.2. The van der Waals surface area contributed by atoms with Crippen molar-refractivity contribution in [3.63, 3.8) is 0 Å². The normalized spacial score (nSPS) is 10.8. The van der Waals surface area contributed by atoms with Gasteiger partial charge in [0.05, 0.1) is 0 Å². The van der Waals surface area contributed by atoms with Crippen LogP contribution in [0.25, 0.3) is 11.0 Å². The monoisotopic (exact) mass is 336 g/mol. The van der Waals surface area contributed by atoms with E-state index in [-0.39, 0.29) is 12.6 Å². The molecule has 4 heteroatoms. The Morgan fingerprint density at radius 1 is 1.04 bits per heavy atom. The van der Waals surface area contributed by atoms with E-state index in [1.807, 2.05) is 55.5 Å². The topological polar surface area (TPSA) is 56.5 Å². The van der Waals surface area contributed by atoms with Crippen molar-refractivity contribution in [3.05, 3.63) is 81.7 Å². The highest BCUT2D eigenvalue weighted by molar-refractivity contribution is 5.81. The van der Waals surface area contributed by atoms with Gasteiger partial charge in [0.2, 0.25) is 0 Å². The van der Waals surface area contributed by atoms with Gasteiger partial charge in [-0.05, 0) is 30.0 Å². The summed E-state index contributed by atoms with van der Waals surface area (Å²) in [5, 5.41) is 0.799. The molecule has 0 fully saturated rings. The standard InChI is InChI=1S/C21H20O4/c1-2-15-8-10-18-17(13-21(23)25-19(18)12-15)14-24-20(22)11-9-16-6-4-3-5-7-16/h3-8,10,12-13H,2,9,11,14H2,1H3. The molecule has 0 aliphatic rings. The fourth-order valence-corrected chi connectivity index (χ4v) is 2.74. The van der Waals surface area contributed by atoms with Crippen LogP contribution in [0, 0.1) is 0 Å². The van der Waals surface area contributed by atoms with Gasteiger partial charge in [-0.25, -0.2) is 4.79 Å². The van der Waals surface area contributed by atoms with Crippen molar-refractivity contribution in [1.82, 2.24) is 0 Å². The maximum absolute atomic E-state index is 12.0. The molecule has 128 valence electrons. The SMILES string of the molecule is CCc1ccc2c(COC(=O)CCc3ccccc3)cc(=O)oc2c1. The van der Waals surface area contributed by atoms with Crippen LogP contribution >= 0.6 is 0 Å². The molecule has 0 bridgehead atoms. The first-order valence-corrected chi connectivity index (χ1v) is 8.41. The van der Waals surface area contributed by atoms with E-state index < -0.39 is 5.63 Å². The summed E-state index contributed by atoms with van der Waals surface area (Å²) in [5.41, 5.74) is 2.95. The Labute approximate surface area is 146 Å². The molecule has 0 aliphatic heterocycles. The summed E-state index contributed by atoms with van der Waals surface area (Å²) in [5.74, 6) is -0.282. The zero-order valence-corrected chi connectivity index (χ0v) is 14.2. The lowest BCUT2D eigenvalue weighted by Crippen LogP contribution is -2.08. The van der Waals surface area contributed by atoms with Crippen LogP contribution < -0.4 is 5.63 Å². The van der Waals surface area contributed by atoms with Crippen molar-refractivity contribution < 1.29 is 13.9 Å². The highest BCUT2D eigenvalue weighted by atomic mass is 16.5. The Hall–Kier alpha value is -2.88. The lowest BCUT2D eigenvalue weighted by Gasteiger charge is -2.08. The third kappa shape index (κ3) is 4.35. The van der Waals surface area contributed by atoms with Crippen LogP contribution in [-0.4, -0.2) is 5.97 Å². The number of aryl methyl sites for hydroxylation is 2. The first-order valence-electron chi connectivity index (χ1n) is 8.41. The molecule has 25 heavy (non-hydrogen) atoms. The van der Waals surface area contributed by atoms with Crippen LogP contribution in [0.5, 0.6) is 0 Å². The van der Waals surface area contributed by atoms with Gasteiger partial charge in [-0.3, -0.25) is 4.79 Å². The zero-order valence-electron chi connectivity index (χ0n) is 14.2. The molecule has 0 aliphatic carbocycles. The molecular formula is C21H20O4. The van der Waals surface area contributed by atoms with Gasteiger partial charge in [-0.15, -0.1) is 0 Å². The molecule has 3 aromatic rings. The Balaban J connectivity index is 1.68. The minimum Gasteiger partial charge on any atom is -0.461 e. The van der Waals surface area contributed by atoms with E-state index in [4.69, 9.17) is 9.15 Å². The van der Waals surface area contributed by atoms with E-state index in [0.717, 1.165) is 22.9 Å². The van der Waals surface area contributed by atoms with E-state index in [1.54, 1.807) is 0 Å². The van der Waals surface area contributed by atoms with Gasteiger partial charge in [0, 0.05) is 23.4 Å². The number of ether oxygens (including phenoxy) is 1. The van der Waals surface area contributed by atoms with Crippen molar-refractivity contribution in [2.24, 2.45) is 0 Å². The molecule has 0 unspecified atom stereocenters. The maximum Gasteiger partial charge on any atom is 0.336 e. The van der Waals surface area contributed by atoms with Crippen molar-refractivity contribution in [2.45, 2.75) is 32.8 Å². The van der Waals surface area contributed by atoms with E-state index in [9.17, 15) is 9.59 Å². The van der Waals surface area contributed by atoms with E-state index in [0.29, 0.717) is 24.0 Å². The van der Waals surface area contributed by atoms with E-state index in [2.05, 4.69) is 0 Å². The summed E-state index contributed by atoms with van der Waals surface area (Å²) >= 11 is 0. The van der Waals surface area contributed by atoms with E-state index in [1.165, 1.54) is 6.07 Å². The summed E-state index contributed by atoms with van der Waals surface area (Å²) in [7, 11) is 0. The third-order valence-corrected chi connectivity index (χ3v) is 4.15. The van der Waals surface area contributed by atoms with Crippen LogP contribution in [0.15, 0.2) is 63.8 Å². The minimum atomic E-state index is -0.434. The fraction of sp³-hybridized carbons (Fsp3) is 0.238. The average Bonchev–Trinajstić information content (AvgIpc) is 2.64. The molecular weight excluding hydrogens is 316 g/mol. The molecule has 0 saturated carbocycles. The van der Waals surface area contributed by atoms with Gasteiger partial charge in [0.15, 0.2) is 0 Å². The summed E-state index contributed by atoms with van der Waals surface area (Å²) in [4.78, 5) is 23.7. The molecule has 0 atom stereocenters. The Morgan fingerprint density at radius 3 is 2.60 bits per heavy atom. The van der Waals surface area contributed by atoms with Crippen molar-refractivity contribution in [2.75, 3.05) is 0 Å². The molecule has 0 spiro atoms. The molecule has 0 amide bonds. The van der Waals surface area contributed by atoms with Gasteiger partial charge in [0.1, 0.15) is 12.2 Å². The van der Waals surface area contributed by atoms with Crippen LogP contribution in [0.1, 0.15) is 30.0 Å². The van der Waals surface area contributed by atoms with Crippen molar-refractivity contribution in [3.8, 4) is 0 Å². The molecule has 1 heterocycles. The summed E-state index contributed by atoms with van der Waals surface area (Å²) < 4.78 is 10.6. The summed E-state index contributed by atoms with van der Waals surface area (Å²) in [6.45, 7) is 2.11. The summed E-state index contributed by atoms with van der Waals surface area (Å²) in [6, 6.07) is 16.9. The largest absolute Gasteiger partial charge is 0.461 e. The summed E-state index contributed by atoms with van der Waals surface area (Å²) in [6.07, 6.45) is 1.80. The van der Waals surface area contributed by atoms with Crippen LogP contribution in [0.2, 0.25) is 0 Å². The minimum absolute atomic E-state index is 0.0706. The fourth-order valence-electron chi connectivity index (χ4n) is 2.74. The number of esters is 1. The molecule has 0 radical (unpaired) electrons. The molecule has 3 rings (SSSR count). The average molecular weight is 336 g/mol. The third-order valence-electron chi connectivity index (χ3n) is 4.15. The number of carbonyl (C=O) groups is 1. The second-order valence-electron chi connectivity index (χ2n) is 5.92. The van der Waals surface area contributed by atoms with Crippen LogP contribution in [0.4, 0.5) is 0 Å². The first kappa shape index (κ1) is 17.0. The highest BCUT2D eigenvalue weighted by Gasteiger charge is 2.10. The highest BCUT2D eigenvalue weighted by Crippen LogP contribution is 2.20.